The fourth-order valence-electron chi connectivity index (χ4n) is 3.20. The molecule has 6 nitrogen and oxygen atoms in total. The standard InChI is InChI=1S/C21H25ClN4O2S/c1-2-10-24(15-18-8-9-19(22)29-18)16-20(27)25-11-13-26(14-12-25)21(28)23-17-6-4-3-5-7-17/h2-9H,1,10-16H2,(H,23,28). The Morgan fingerprint density at radius 2 is 1.79 bits per heavy atom. The van der Waals surface area contributed by atoms with Gasteiger partial charge in [0.2, 0.25) is 5.91 Å². The number of piperazine rings is 1. The molecule has 0 spiro atoms. The second kappa shape index (κ2) is 10.4. The first kappa shape index (κ1) is 21.4. The zero-order chi connectivity index (χ0) is 20.6. The minimum absolute atomic E-state index is 0.0672. The van der Waals surface area contributed by atoms with Gasteiger partial charge in [0.25, 0.3) is 0 Å². The monoisotopic (exact) mass is 432 g/mol. The van der Waals surface area contributed by atoms with Crippen LogP contribution in [0.2, 0.25) is 4.34 Å². The van der Waals surface area contributed by atoms with Crippen molar-refractivity contribution in [3.63, 3.8) is 0 Å². The Morgan fingerprint density at radius 3 is 2.41 bits per heavy atom. The third-order valence-electron chi connectivity index (χ3n) is 4.70. The van der Waals surface area contributed by atoms with E-state index in [1.807, 2.05) is 52.3 Å². The Morgan fingerprint density at radius 1 is 1.10 bits per heavy atom. The van der Waals surface area contributed by atoms with Crippen LogP contribution in [-0.4, -0.2) is 65.9 Å². The number of para-hydroxylation sites is 1. The van der Waals surface area contributed by atoms with Crippen LogP contribution in [0.15, 0.2) is 55.1 Å². The number of carbonyl (C=O) groups is 2. The summed E-state index contributed by atoms with van der Waals surface area (Å²) < 4.78 is 0.745. The highest BCUT2D eigenvalue weighted by atomic mass is 35.5. The second-order valence-corrected chi connectivity index (χ2v) is 8.63. The lowest BCUT2D eigenvalue weighted by molar-refractivity contribution is -0.133. The van der Waals surface area contributed by atoms with E-state index in [1.165, 1.54) is 11.3 Å². The molecule has 1 aromatic heterocycles. The van der Waals surface area contributed by atoms with E-state index in [0.29, 0.717) is 45.8 Å². The van der Waals surface area contributed by atoms with Gasteiger partial charge in [-0.15, -0.1) is 17.9 Å². The van der Waals surface area contributed by atoms with Gasteiger partial charge in [-0.2, -0.15) is 0 Å². The molecule has 1 aromatic carbocycles. The molecule has 0 bridgehead atoms. The molecule has 1 aliphatic heterocycles. The van der Waals surface area contributed by atoms with Gasteiger partial charge in [0.15, 0.2) is 0 Å². The molecule has 0 radical (unpaired) electrons. The number of carbonyl (C=O) groups excluding carboxylic acids is 2. The summed E-state index contributed by atoms with van der Waals surface area (Å²) in [6.07, 6.45) is 1.80. The minimum atomic E-state index is -0.133. The quantitative estimate of drug-likeness (QED) is 0.677. The maximum Gasteiger partial charge on any atom is 0.321 e. The van der Waals surface area contributed by atoms with Gasteiger partial charge >= 0.3 is 6.03 Å². The third kappa shape index (κ3) is 6.32. The molecule has 29 heavy (non-hydrogen) atoms. The zero-order valence-corrected chi connectivity index (χ0v) is 17.8. The molecule has 1 N–H and O–H groups in total. The highest BCUT2D eigenvalue weighted by molar-refractivity contribution is 7.16. The van der Waals surface area contributed by atoms with Crippen molar-refractivity contribution in [3.8, 4) is 0 Å². The largest absolute Gasteiger partial charge is 0.338 e. The van der Waals surface area contributed by atoms with Gasteiger partial charge in [0.05, 0.1) is 10.9 Å². The van der Waals surface area contributed by atoms with Crippen molar-refractivity contribution in [1.82, 2.24) is 14.7 Å². The van der Waals surface area contributed by atoms with Gasteiger partial charge in [-0.25, -0.2) is 4.79 Å². The molecule has 1 aliphatic rings. The average Bonchev–Trinajstić information content (AvgIpc) is 3.13. The van der Waals surface area contributed by atoms with E-state index in [9.17, 15) is 9.59 Å². The van der Waals surface area contributed by atoms with Crippen LogP contribution in [0.1, 0.15) is 4.88 Å². The number of rotatable bonds is 7. The first-order valence-electron chi connectivity index (χ1n) is 9.51. The number of anilines is 1. The summed E-state index contributed by atoms with van der Waals surface area (Å²) in [6, 6.07) is 13.1. The summed E-state index contributed by atoms with van der Waals surface area (Å²) in [5.41, 5.74) is 0.768. The van der Waals surface area contributed by atoms with Gasteiger partial charge in [-0.3, -0.25) is 9.69 Å². The Bertz CT molecular complexity index is 834. The molecular formula is C21H25ClN4O2S. The minimum Gasteiger partial charge on any atom is -0.338 e. The molecule has 154 valence electrons. The molecule has 2 aromatic rings. The highest BCUT2D eigenvalue weighted by Gasteiger charge is 2.25. The van der Waals surface area contributed by atoms with E-state index in [2.05, 4.69) is 11.9 Å². The van der Waals surface area contributed by atoms with Crippen molar-refractivity contribution in [1.29, 1.82) is 0 Å². The van der Waals surface area contributed by atoms with Crippen LogP contribution in [0.25, 0.3) is 0 Å². The number of hydrogen-bond acceptors (Lipinski definition) is 4. The fraction of sp³-hybridized carbons (Fsp3) is 0.333. The number of nitrogens with one attached hydrogen (secondary N) is 1. The van der Waals surface area contributed by atoms with Crippen LogP contribution < -0.4 is 5.32 Å². The molecule has 2 heterocycles. The van der Waals surface area contributed by atoms with Crippen LogP contribution in [0.3, 0.4) is 0 Å². The van der Waals surface area contributed by atoms with Crippen LogP contribution in [-0.2, 0) is 11.3 Å². The summed E-state index contributed by atoms with van der Waals surface area (Å²) in [6.45, 7) is 7.51. The van der Waals surface area contributed by atoms with E-state index in [4.69, 9.17) is 11.6 Å². The lowest BCUT2D eigenvalue weighted by atomic mass is 10.3. The normalized spacial score (nSPS) is 14.1. The van der Waals surface area contributed by atoms with Crippen molar-refractivity contribution in [2.24, 2.45) is 0 Å². The van der Waals surface area contributed by atoms with Gasteiger partial charge < -0.3 is 15.1 Å². The molecule has 1 fully saturated rings. The van der Waals surface area contributed by atoms with Crippen LogP contribution in [0, 0.1) is 0 Å². The first-order valence-corrected chi connectivity index (χ1v) is 10.7. The summed E-state index contributed by atoms with van der Waals surface area (Å²) in [7, 11) is 0. The summed E-state index contributed by atoms with van der Waals surface area (Å²) in [5, 5.41) is 2.89. The van der Waals surface area contributed by atoms with Crippen molar-refractivity contribution in [2.45, 2.75) is 6.54 Å². The van der Waals surface area contributed by atoms with Gasteiger partial charge in [0.1, 0.15) is 0 Å². The van der Waals surface area contributed by atoms with Crippen LogP contribution in [0.4, 0.5) is 10.5 Å². The van der Waals surface area contributed by atoms with Crippen molar-refractivity contribution < 1.29 is 9.59 Å². The number of amides is 3. The molecular weight excluding hydrogens is 408 g/mol. The summed E-state index contributed by atoms with van der Waals surface area (Å²) in [5.74, 6) is 0.0672. The number of urea groups is 1. The van der Waals surface area contributed by atoms with E-state index < -0.39 is 0 Å². The molecule has 0 saturated carbocycles. The van der Waals surface area contributed by atoms with Gasteiger partial charge in [-0.05, 0) is 24.3 Å². The van der Waals surface area contributed by atoms with Crippen molar-refractivity contribution in [2.75, 3.05) is 44.6 Å². The Hall–Kier alpha value is -2.35. The number of benzene rings is 1. The smallest absolute Gasteiger partial charge is 0.321 e. The SMILES string of the molecule is C=CCN(CC(=O)N1CCN(C(=O)Nc2ccccc2)CC1)Cc1ccc(Cl)s1. The van der Waals surface area contributed by atoms with Crippen LogP contribution in [0.5, 0.6) is 0 Å². The van der Waals surface area contributed by atoms with Crippen molar-refractivity contribution >= 4 is 40.6 Å². The Kier molecular flexibility index (Phi) is 7.69. The van der Waals surface area contributed by atoms with Crippen LogP contribution >= 0.6 is 22.9 Å². The van der Waals surface area contributed by atoms with E-state index in [-0.39, 0.29) is 11.9 Å². The summed E-state index contributed by atoms with van der Waals surface area (Å²) in [4.78, 5) is 31.9. The summed E-state index contributed by atoms with van der Waals surface area (Å²) >= 11 is 7.53. The molecule has 0 atom stereocenters. The number of hydrogen-bond donors (Lipinski definition) is 1. The van der Waals surface area contributed by atoms with Gasteiger partial charge in [0, 0.05) is 49.8 Å². The molecule has 0 aliphatic carbocycles. The van der Waals surface area contributed by atoms with E-state index >= 15 is 0 Å². The first-order chi connectivity index (χ1) is 14.0. The van der Waals surface area contributed by atoms with E-state index in [0.717, 1.165) is 14.9 Å². The average molecular weight is 433 g/mol. The topological polar surface area (TPSA) is 55.9 Å². The molecule has 8 heteroatoms. The predicted octanol–water partition coefficient (Wildman–Crippen LogP) is 3.77. The fourth-order valence-corrected chi connectivity index (χ4v) is 4.33. The maximum absolute atomic E-state index is 12.8. The molecule has 3 rings (SSSR count). The predicted molar refractivity (Wildman–Crippen MR) is 118 cm³/mol. The number of nitrogens with zero attached hydrogens (tertiary/aromatic N) is 3. The molecule has 1 saturated heterocycles. The molecule has 3 amide bonds. The molecule has 0 unspecified atom stereocenters. The number of thiophene rings is 1. The number of halogens is 1. The Labute approximate surface area is 180 Å². The second-order valence-electron chi connectivity index (χ2n) is 6.83. The lowest BCUT2D eigenvalue weighted by Gasteiger charge is -2.35. The zero-order valence-electron chi connectivity index (χ0n) is 16.2. The van der Waals surface area contributed by atoms with Gasteiger partial charge in [-0.1, -0.05) is 35.9 Å². The maximum atomic E-state index is 12.8. The Balaban J connectivity index is 1.48. The van der Waals surface area contributed by atoms with Crippen molar-refractivity contribution in [3.05, 3.63) is 64.3 Å². The van der Waals surface area contributed by atoms with E-state index in [1.54, 1.807) is 11.0 Å². The highest BCUT2D eigenvalue weighted by Crippen LogP contribution is 2.22. The lowest BCUT2D eigenvalue weighted by Crippen LogP contribution is -2.53. The third-order valence-corrected chi connectivity index (χ3v) is 5.92.